The summed E-state index contributed by atoms with van der Waals surface area (Å²) in [4.78, 5) is 19.0. The third-order valence-electron chi connectivity index (χ3n) is 5.14. The molecule has 1 fully saturated rings. The Morgan fingerprint density at radius 3 is 2.85 bits per heavy atom. The lowest BCUT2D eigenvalue weighted by atomic mass is 9.99. The van der Waals surface area contributed by atoms with Crippen LogP contribution in [0.3, 0.4) is 0 Å². The molecule has 0 saturated carbocycles. The first-order chi connectivity index (χ1) is 13.0. The van der Waals surface area contributed by atoms with Gasteiger partial charge in [-0.15, -0.1) is 0 Å². The summed E-state index contributed by atoms with van der Waals surface area (Å²) in [6.45, 7) is 4.77. The Labute approximate surface area is 157 Å². The lowest BCUT2D eigenvalue weighted by molar-refractivity contribution is 0.0754. The summed E-state index contributed by atoms with van der Waals surface area (Å²) in [5.74, 6) is 0.628. The predicted molar refractivity (Wildman–Crippen MR) is 101 cm³/mol. The molecule has 1 aliphatic heterocycles. The standard InChI is InChI=1S/C21H23N3O3/c1-13(2)20-10-18(23-27-20)21(26)24-11-15(19(25)12-24)9-16-8-7-14-5-3-4-6-17(14)22-16/h3-8,10,13,15,19,25H,9,11-12H2,1-2H3/t15-,19-/m1/s1. The number of hydrogen-bond donors (Lipinski definition) is 1. The fourth-order valence-corrected chi connectivity index (χ4v) is 3.54. The van der Waals surface area contributed by atoms with E-state index in [1.165, 1.54) is 0 Å². The third-order valence-corrected chi connectivity index (χ3v) is 5.14. The second-order valence-corrected chi connectivity index (χ2v) is 7.51. The molecule has 1 saturated heterocycles. The first-order valence-corrected chi connectivity index (χ1v) is 9.30. The van der Waals surface area contributed by atoms with Gasteiger partial charge >= 0.3 is 0 Å². The molecule has 0 aliphatic carbocycles. The lowest BCUT2D eigenvalue weighted by Gasteiger charge is -2.14. The van der Waals surface area contributed by atoms with Crippen molar-refractivity contribution in [3.63, 3.8) is 0 Å². The van der Waals surface area contributed by atoms with Crippen molar-refractivity contribution < 1.29 is 14.4 Å². The molecular weight excluding hydrogens is 342 g/mol. The number of aliphatic hydroxyl groups excluding tert-OH is 1. The largest absolute Gasteiger partial charge is 0.391 e. The number of carbonyl (C=O) groups is 1. The number of para-hydroxylation sites is 1. The number of pyridine rings is 1. The van der Waals surface area contributed by atoms with Gasteiger partial charge in [-0.3, -0.25) is 9.78 Å². The van der Waals surface area contributed by atoms with Gasteiger partial charge in [0.05, 0.1) is 11.6 Å². The van der Waals surface area contributed by atoms with Gasteiger partial charge in [0.1, 0.15) is 5.76 Å². The van der Waals surface area contributed by atoms with Gasteiger partial charge in [-0.2, -0.15) is 0 Å². The van der Waals surface area contributed by atoms with Gasteiger partial charge in [-0.1, -0.05) is 43.3 Å². The number of benzene rings is 1. The maximum Gasteiger partial charge on any atom is 0.276 e. The molecule has 140 valence electrons. The summed E-state index contributed by atoms with van der Waals surface area (Å²) in [7, 11) is 0. The fourth-order valence-electron chi connectivity index (χ4n) is 3.54. The summed E-state index contributed by atoms with van der Waals surface area (Å²) in [5, 5.41) is 15.4. The number of aromatic nitrogens is 2. The van der Waals surface area contributed by atoms with Crippen LogP contribution in [0.4, 0.5) is 0 Å². The SMILES string of the molecule is CC(C)c1cc(C(=O)N2C[C@@H](Cc3ccc4ccccc4n3)[C@H](O)C2)no1. The van der Waals surface area contributed by atoms with E-state index < -0.39 is 6.10 Å². The highest BCUT2D eigenvalue weighted by molar-refractivity contribution is 5.92. The number of carbonyl (C=O) groups excluding carboxylic acids is 1. The van der Waals surface area contributed by atoms with E-state index in [0.717, 1.165) is 16.6 Å². The lowest BCUT2D eigenvalue weighted by Crippen LogP contribution is -2.29. The van der Waals surface area contributed by atoms with Crippen LogP contribution in [0.5, 0.6) is 0 Å². The Balaban J connectivity index is 1.46. The van der Waals surface area contributed by atoms with E-state index in [9.17, 15) is 9.90 Å². The van der Waals surface area contributed by atoms with Gasteiger partial charge in [-0.05, 0) is 18.6 Å². The molecule has 0 unspecified atom stereocenters. The van der Waals surface area contributed by atoms with Crippen LogP contribution >= 0.6 is 0 Å². The van der Waals surface area contributed by atoms with Crippen LogP contribution in [0, 0.1) is 5.92 Å². The zero-order valence-electron chi connectivity index (χ0n) is 15.5. The highest BCUT2D eigenvalue weighted by Gasteiger charge is 2.35. The maximum absolute atomic E-state index is 12.7. The molecule has 3 aromatic rings. The van der Waals surface area contributed by atoms with Crippen LogP contribution in [0.15, 0.2) is 47.0 Å². The van der Waals surface area contributed by atoms with Crippen LogP contribution in [0.25, 0.3) is 10.9 Å². The van der Waals surface area contributed by atoms with Crippen LogP contribution in [-0.2, 0) is 6.42 Å². The highest BCUT2D eigenvalue weighted by atomic mass is 16.5. The molecule has 3 heterocycles. The molecule has 1 aliphatic rings. The summed E-state index contributed by atoms with van der Waals surface area (Å²) in [5.41, 5.74) is 2.17. The molecule has 0 spiro atoms. The van der Waals surface area contributed by atoms with E-state index in [4.69, 9.17) is 4.52 Å². The second kappa shape index (κ2) is 7.12. The topological polar surface area (TPSA) is 79.5 Å². The van der Waals surface area contributed by atoms with Crippen molar-refractivity contribution >= 4 is 16.8 Å². The van der Waals surface area contributed by atoms with Crippen molar-refractivity contribution in [2.75, 3.05) is 13.1 Å². The molecule has 0 radical (unpaired) electrons. The molecule has 1 aromatic carbocycles. The molecule has 27 heavy (non-hydrogen) atoms. The number of fused-ring (bicyclic) bond motifs is 1. The smallest absolute Gasteiger partial charge is 0.276 e. The normalized spacial score (nSPS) is 19.9. The number of aliphatic hydroxyl groups is 1. The van der Waals surface area contributed by atoms with Crippen molar-refractivity contribution in [1.82, 2.24) is 15.0 Å². The van der Waals surface area contributed by atoms with Crippen LogP contribution < -0.4 is 0 Å². The quantitative estimate of drug-likeness (QED) is 0.769. The molecule has 4 rings (SSSR count). The molecule has 2 aromatic heterocycles. The van der Waals surface area contributed by atoms with Crippen molar-refractivity contribution in [1.29, 1.82) is 0 Å². The van der Waals surface area contributed by atoms with Crippen molar-refractivity contribution in [3.8, 4) is 0 Å². The van der Waals surface area contributed by atoms with Crippen molar-refractivity contribution in [2.45, 2.75) is 32.3 Å². The van der Waals surface area contributed by atoms with Gasteiger partial charge in [0, 0.05) is 42.1 Å². The number of hydrogen-bond acceptors (Lipinski definition) is 5. The molecule has 0 bridgehead atoms. The summed E-state index contributed by atoms with van der Waals surface area (Å²) in [6.07, 6.45) is 0.0601. The minimum absolute atomic E-state index is 0.0425. The van der Waals surface area contributed by atoms with Gasteiger partial charge in [0.15, 0.2) is 5.69 Å². The average molecular weight is 365 g/mol. The van der Waals surface area contributed by atoms with Crippen LogP contribution in [0.1, 0.15) is 41.7 Å². The Morgan fingerprint density at radius 2 is 2.07 bits per heavy atom. The monoisotopic (exact) mass is 365 g/mol. The Morgan fingerprint density at radius 1 is 1.26 bits per heavy atom. The van der Waals surface area contributed by atoms with E-state index in [1.54, 1.807) is 11.0 Å². The van der Waals surface area contributed by atoms with Crippen LogP contribution in [-0.4, -0.2) is 45.2 Å². The number of amides is 1. The first-order valence-electron chi connectivity index (χ1n) is 9.30. The number of nitrogens with zero attached hydrogens (tertiary/aromatic N) is 3. The zero-order valence-corrected chi connectivity index (χ0v) is 15.5. The van der Waals surface area contributed by atoms with Gasteiger partial charge in [-0.25, -0.2) is 0 Å². The van der Waals surface area contributed by atoms with Gasteiger partial charge in [0.25, 0.3) is 5.91 Å². The predicted octanol–water partition coefficient (Wildman–Crippen LogP) is 3.02. The number of β-amino-alcohol motifs (C(OH)–C–C–N with tert-alkyl or cyclic N) is 1. The first kappa shape index (κ1) is 17.7. The summed E-state index contributed by atoms with van der Waals surface area (Å²) < 4.78 is 5.23. The molecule has 6 heteroatoms. The molecule has 6 nitrogen and oxygen atoms in total. The fraction of sp³-hybridized carbons (Fsp3) is 0.381. The summed E-state index contributed by atoms with van der Waals surface area (Å²) in [6, 6.07) is 13.7. The minimum atomic E-state index is -0.571. The van der Waals surface area contributed by atoms with E-state index in [-0.39, 0.29) is 17.7 Å². The van der Waals surface area contributed by atoms with Gasteiger partial charge in [0.2, 0.25) is 0 Å². The van der Waals surface area contributed by atoms with Crippen molar-refractivity contribution in [2.24, 2.45) is 5.92 Å². The maximum atomic E-state index is 12.7. The second-order valence-electron chi connectivity index (χ2n) is 7.51. The molecular formula is C21H23N3O3. The zero-order chi connectivity index (χ0) is 19.0. The molecule has 2 atom stereocenters. The Bertz CT molecular complexity index is 966. The van der Waals surface area contributed by atoms with E-state index >= 15 is 0 Å². The summed E-state index contributed by atoms with van der Waals surface area (Å²) >= 11 is 0. The van der Waals surface area contributed by atoms with Crippen molar-refractivity contribution in [3.05, 3.63) is 59.6 Å². The third kappa shape index (κ3) is 3.57. The number of rotatable bonds is 4. The Hall–Kier alpha value is -2.73. The van der Waals surface area contributed by atoms with Gasteiger partial charge < -0.3 is 14.5 Å². The van der Waals surface area contributed by atoms with E-state index in [0.29, 0.717) is 31.0 Å². The minimum Gasteiger partial charge on any atom is -0.391 e. The highest BCUT2D eigenvalue weighted by Crippen LogP contribution is 2.24. The molecule has 1 N–H and O–H groups in total. The Kier molecular flexibility index (Phi) is 4.66. The van der Waals surface area contributed by atoms with E-state index in [2.05, 4.69) is 10.1 Å². The van der Waals surface area contributed by atoms with Crippen LogP contribution in [0.2, 0.25) is 0 Å². The van der Waals surface area contributed by atoms with E-state index in [1.807, 2.05) is 50.2 Å². The number of likely N-dealkylation sites (tertiary alicyclic amines) is 1. The average Bonchev–Trinajstić information content (AvgIpc) is 3.29. The molecule has 1 amide bonds.